The van der Waals surface area contributed by atoms with Gasteiger partial charge >= 0.3 is 0 Å². The molecule has 342 valence electrons. The number of hydrogen-bond donors (Lipinski definition) is 2. The molecule has 0 bridgehead atoms. The average Bonchev–Trinajstić information content (AvgIpc) is 3.61. The first kappa shape index (κ1) is 43.4. The summed E-state index contributed by atoms with van der Waals surface area (Å²) in [6, 6.07) is 10.7. The van der Waals surface area contributed by atoms with Crippen molar-refractivity contribution in [1.82, 2.24) is 29.7 Å². The number of ether oxygens (including phenoxy) is 2. The molecule has 2 N–H and O–H groups in total. The van der Waals surface area contributed by atoms with Crippen LogP contribution in [-0.4, -0.2) is 105 Å². The molecule has 4 aromatic rings. The van der Waals surface area contributed by atoms with E-state index in [-0.39, 0.29) is 84.9 Å². The number of piperidine rings is 3. The Kier molecular flexibility index (Phi) is 12.1. The maximum absolute atomic E-state index is 16.0. The Labute approximate surface area is 381 Å². The van der Waals surface area contributed by atoms with Crippen LogP contribution in [0, 0.1) is 5.82 Å². The number of ketones is 1. The highest BCUT2D eigenvalue weighted by Gasteiger charge is 2.42. The van der Waals surface area contributed by atoms with Crippen molar-refractivity contribution >= 4 is 63.5 Å². The van der Waals surface area contributed by atoms with Gasteiger partial charge in [0.15, 0.2) is 17.4 Å². The molecule has 4 aliphatic heterocycles. The van der Waals surface area contributed by atoms with Gasteiger partial charge in [-0.15, -0.1) is 0 Å². The molecule has 5 fully saturated rings. The number of nitrogens with one attached hydrogen (secondary N) is 2. The van der Waals surface area contributed by atoms with Crippen molar-refractivity contribution in [3.8, 4) is 5.75 Å². The van der Waals surface area contributed by atoms with E-state index in [4.69, 9.17) is 26.1 Å². The summed E-state index contributed by atoms with van der Waals surface area (Å²) in [6.07, 6.45) is 11.0. The van der Waals surface area contributed by atoms with Crippen molar-refractivity contribution in [2.45, 2.75) is 127 Å². The second-order valence-corrected chi connectivity index (χ2v) is 18.9. The van der Waals surface area contributed by atoms with E-state index < -0.39 is 11.9 Å². The van der Waals surface area contributed by atoms with Gasteiger partial charge in [-0.25, -0.2) is 9.37 Å². The standard InChI is InChI=1S/C48H54ClFN8O7/c1-2-32(59)26-64-41-21-28-20-29(6-9-39(28)58(47(41)63)30-4-3-5-30)52-44-38(49)24-51-48(54-44)56-18-14-33(15-19-56)65-34-22-31(23-34)55-16-12-27(13-17-55)35-7-8-36-37(43(35)50)25-57(46(36)62)40-10-11-42(60)53-45(40)61/h6-9,20-21,24,27,30-31,33-34,40H,2-5,10-19,22-23,25-26H2,1H3,(H,51,52,54)(H,53,60,61). The molecule has 6 aliphatic rings. The summed E-state index contributed by atoms with van der Waals surface area (Å²) in [5.74, 6) is -0.329. The predicted octanol–water partition coefficient (Wildman–Crippen LogP) is 6.57. The number of likely N-dealkylation sites (tertiary alicyclic amines) is 1. The van der Waals surface area contributed by atoms with Gasteiger partial charge in [-0.1, -0.05) is 24.6 Å². The third-order valence-corrected chi connectivity index (χ3v) is 14.8. The zero-order valence-corrected chi connectivity index (χ0v) is 37.3. The third-order valence-electron chi connectivity index (χ3n) is 14.6. The van der Waals surface area contributed by atoms with Crippen molar-refractivity contribution in [2.75, 3.05) is 43.0 Å². The molecule has 65 heavy (non-hydrogen) atoms. The first-order valence-corrected chi connectivity index (χ1v) is 23.6. The summed E-state index contributed by atoms with van der Waals surface area (Å²) in [7, 11) is 0. The number of carbonyl (C=O) groups excluding carboxylic acids is 4. The number of amides is 3. The number of benzene rings is 2. The number of carbonyl (C=O) groups is 4. The minimum absolute atomic E-state index is 0.0405. The fourth-order valence-electron chi connectivity index (χ4n) is 10.4. The molecule has 6 heterocycles. The molecule has 3 amide bonds. The number of anilines is 3. The Balaban J connectivity index is 0.699. The van der Waals surface area contributed by atoms with Gasteiger partial charge in [-0.3, -0.25) is 29.3 Å². The van der Waals surface area contributed by atoms with Crippen LogP contribution in [-0.2, 0) is 25.7 Å². The summed E-state index contributed by atoms with van der Waals surface area (Å²) >= 11 is 6.62. The second-order valence-electron chi connectivity index (χ2n) is 18.5. The van der Waals surface area contributed by atoms with Gasteiger partial charge in [0.25, 0.3) is 11.5 Å². The molecule has 1 atom stereocenters. The van der Waals surface area contributed by atoms with Crippen LogP contribution in [0.15, 0.2) is 47.4 Å². The van der Waals surface area contributed by atoms with Crippen molar-refractivity contribution in [1.29, 1.82) is 0 Å². The fraction of sp³-hybridized carbons (Fsp3) is 0.521. The average molecular weight is 909 g/mol. The Morgan fingerprint density at radius 2 is 1.72 bits per heavy atom. The van der Waals surface area contributed by atoms with Gasteiger partial charge in [0.2, 0.25) is 17.8 Å². The van der Waals surface area contributed by atoms with Crippen LogP contribution >= 0.6 is 11.6 Å². The van der Waals surface area contributed by atoms with Crippen molar-refractivity contribution < 1.29 is 33.0 Å². The topological polar surface area (TPSA) is 168 Å². The Morgan fingerprint density at radius 1 is 0.938 bits per heavy atom. The molecule has 2 aromatic heterocycles. The summed E-state index contributed by atoms with van der Waals surface area (Å²) in [5, 5.41) is 6.86. The van der Waals surface area contributed by atoms with E-state index in [0.717, 1.165) is 101 Å². The molecule has 3 saturated heterocycles. The number of aromatic nitrogens is 3. The lowest BCUT2D eigenvalue weighted by Crippen LogP contribution is -2.52. The Bertz CT molecular complexity index is 2600. The SMILES string of the molecule is CCC(=O)COc1cc2cc(Nc3nc(N4CCC(OC5CC(N6CCC(c7ccc8c(c7F)CN(C7CCC(=O)NC7=O)C8=O)CC6)C5)CC4)ncc3Cl)ccc2n(C2CCC2)c1=O. The highest BCUT2D eigenvalue weighted by Crippen LogP contribution is 2.40. The quantitative estimate of drug-likeness (QED) is 0.139. The first-order valence-electron chi connectivity index (χ1n) is 23.2. The number of Topliss-reactive ketones (excluding diaryl/α,β-unsaturated/α-hetero) is 1. The molecule has 10 rings (SSSR count). The second kappa shape index (κ2) is 18.1. The molecule has 0 spiro atoms. The first-order chi connectivity index (χ1) is 31.5. The van der Waals surface area contributed by atoms with E-state index in [2.05, 4.69) is 25.4 Å². The number of rotatable bonds is 13. The molecule has 0 radical (unpaired) electrons. The highest BCUT2D eigenvalue weighted by molar-refractivity contribution is 6.33. The third kappa shape index (κ3) is 8.60. The van der Waals surface area contributed by atoms with E-state index in [0.29, 0.717) is 45.9 Å². The minimum atomic E-state index is -0.767. The minimum Gasteiger partial charge on any atom is -0.480 e. The summed E-state index contributed by atoms with van der Waals surface area (Å²) in [5.41, 5.74) is 2.64. The smallest absolute Gasteiger partial charge is 0.293 e. The van der Waals surface area contributed by atoms with Crippen molar-refractivity contribution in [3.63, 3.8) is 0 Å². The zero-order valence-electron chi connectivity index (χ0n) is 36.5. The van der Waals surface area contributed by atoms with Gasteiger partial charge in [0.05, 0.1) is 30.5 Å². The number of fused-ring (bicyclic) bond motifs is 2. The van der Waals surface area contributed by atoms with Crippen LogP contribution in [0.3, 0.4) is 0 Å². The Hall–Kier alpha value is -5.45. The molecular formula is C48H54ClFN8O7. The number of hydrogen-bond acceptors (Lipinski definition) is 12. The van der Waals surface area contributed by atoms with Gasteiger partial charge in [-0.05, 0) is 119 Å². The predicted molar refractivity (Wildman–Crippen MR) is 241 cm³/mol. The van der Waals surface area contributed by atoms with Gasteiger partial charge in [-0.2, -0.15) is 4.98 Å². The lowest BCUT2D eigenvalue weighted by atomic mass is 9.83. The zero-order chi connectivity index (χ0) is 44.9. The summed E-state index contributed by atoms with van der Waals surface area (Å²) < 4.78 is 30.2. The number of halogens is 2. The van der Waals surface area contributed by atoms with E-state index in [9.17, 15) is 24.0 Å². The highest BCUT2D eigenvalue weighted by atomic mass is 35.5. The van der Waals surface area contributed by atoms with E-state index >= 15 is 4.39 Å². The van der Waals surface area contributed by atoms with Gasteiger partial charge in [0, 0.05) is 60.2 Å². The molecule has 15 nitrogen and oxygen atoms in total. The van der Waals surface area contributed by atoms with Gasteiger partial charge < -0.3 is 34.1 Å². The van der Waals surface area contributed by atoms with Gasteiger partial charge in [0.1, 0.15) is 23.5 Å². The summed E-state index contributed by atoms with van der Waals surface area (Å²) in [6.45, 7) is 4.91. The number of nitrogens with zero attached hydrogens (tertiary/aromatic N) is 6. The monoisotopic (exact) mass is 908 g/mol. The van der Waals surface area contributed by atoms with Crippen molar-refractivity contribution in [2.24, 2.45) is 0 Å². The number of pyridine rings is 1. The van der Waals surface area contributed by atoms with Crippen LogP contribution in [0.5, 0.6) is 5.75 Å². The maximum Gasteiger partial charge on any atom is 0.293 e. The lowest BCUT2D eigenvalue weighted by Gasteiger charge is -2.47. The summed E-state index contributed by atoms with van der Waals surface area (Å²) in [4.78, 5) is 78.2. The van der Waals surface area contributed by atoms with Crippen LogP contribution in [0.1, 0.15) is 117 Å². The molecular weight excluding hydrogens is 855 g/mol. The van der Waals surface area contributed by atoms with E-state index in [1.54, 1.807) is 35.9 Å². The van der Waals surface area contributed by atoms with E-state index in [1.807, 2.05) is 18.2 Å². The fourth-order valence-corrected chi connectivity index (χ4v) is 10.6. The molecule has 1 unspecified atom stereocenters. The maximum atomic E-state index is 16.0. The van der Waals surface area contributed by atoms with Crippen molar-refractivity contribution in [3.05, 3.63) is 80.5 Å². The lowest BCUT2D eigenvalue weighted by molar-refractivity contribution is -0.137. The molecule has 2 saturated carbocycles. The molecule has 17 heteroatoms. The van der Waals surface area contributed by atoms with Crippen LogP contribution in [0.4, 0.5) is 21.8 Å². The normalized spacial score (nSPS) is 23.3. The number of imide groups is 1. The largest absolute Gasteiger partial charge is 0.480 e. The van der Waals surface area contributed by atoms with Crippen LogP contribution in [0.25, 0.3) is 10.9 Å². The Morgan fingerprint density at radius 3 is 2.45 bits per heavy atom. The van der Waals surface area contributed by atoms with Crippen LogP contribution in [0.2, 0.25) is 5.02 Å². The van der Waals surface area contributed by atoms with E-state index in [1.165, 1.54) is 4.90 Å². The molecule has 2 aromatic carbocycles. The molecule has 2 aliphatic carbocycles. The van der Waals surface area contributed by atoms with Crippen LogP contribution < -0.4 is 25.8 Å².